The number of carbonyl (C=O) groups is 3. The summed E-state index contributed by atoms with van der Waals surface area (Å²) >= 11 is 0. The predicted octanol–water partition coefficient (Wildman–Crippen LogP) is 3.71. The number of carboxylic acids is 1. The number of anilines is 1. The summed E-state index contributed by atoms with van der Waals surface area (Å²) in [7, 11) is 1.41. The second kappa shape index (κ2) is 8.99. The lowest BCUT2D eigenvalue weighted by Crippen LogP contribution is -2.57. The number of nitrogens with zero attached hydrogens (tertiary/aromatic N) is 1. The number of rotatable bonds is 6. The molecule has 4 aromatic rings. The van der Waals surface area contributed by atoms with Crippen LogP contribution in [0.4, 0.5) is 5.69 Å². The molecule has 3 heterocycles. The molecule has 2 fully saturated rings. The molecule has 0 radical (unpaired) electrons. The number of phenolic OH excluding ortho intramolecular Hbond substituents is 1. The third-order valence-corrected chi connectivity index (χ3v) is 8.03. The second-order valence-corrected chi connectivity index (χ2v) is 10.2. The largest absolute Gasteiger partial charge is 0.504 e. The standard InChI is InChI=1S/C30H27N3O6/c1-16-7-5-8-18(13-16)33-27(35)23-24(28(33)36)30(29(37)38,14-17-15-31-21-11-4-3-9-19(17)21)32-25(23)20-10-6-12-22(39-2)26(20)34/h3-13,15,23-25,31-32,34H,14H2,1-2H3,(H,37,38). The summed E-state index contributed by atoms with van der Waals surface area (Å²) in [5.74, 6) is -4.68. The highest BCUT2D eigenvalue weighted by molar-refractivity contribution is 6.24. The number of fused-ring (bicyclic) bond motifs is 2. The van der Waals surface area contributed by atoms with Gasteiger partial charge in [-0.25, -0.2) is 4.90 Å². The number of ether oxygens (including phenoxy) is 1. The normalized spacial score (nSPS) is 24.4. The first-order chi connectivity index (χ1) is 18.8. The van der Waals surface area contributed by atoms with Crippen molar-refractivity contribution in [2.45, 2.75) is 24.9 Å². The molecule has 2 aliphatic rings. The highest BCUT2D eigenvalue weighted by Crippen LogP contribution is 2.53. The molecule has 4 unspecified atom stereocenters. The number of amides is 2. The molecule has 2 aliphatic heterocycles. The zero-order chi connectivity index (χ0) is 27.5. The zero-order valence-electron chi connectivity index (χ0n) is 21.3. The fourth-order valence-electron chi connectivity index (χ4n) is 6.26. The van der Waals surface area contributed by atoms with E-state index in [2.05, 4.69) is 10.3 Å². The molecule has 1 aromatic heterocycles. The third kappa shape index (κ3) is 3.61. The lowest BCUT2D eigenvalue weighted by Gasteiger charge is -2.31. The number of aryl methyl sites for hydroxylation is 1. The van der Waals surface area contributed by atoms with Gasteiger partial charge in [0.2, 0.25) is 11.8 Å². The summed E-state index contributed by atoms with van der Waals surface area (Å²) in [6, 6.07) is 18.4. The second-order valence-electron chi connectivity index (χ2n) is 10.2. The lowest BCUT2D eigenvalue weighted by atomic mass is 9.76. The number of imide groups is 1. The van der Waals surface area contributed by atoms with Gasteiger partial charge in [0.05, 0.1) is 24.6 Å². The van der Waals surface area contributed by atoms with E-state index in [-0.39, 0.29) is 17.9 Å². The molecule has 2 amide bonds. The van der Waals surface area contributed by atoms with Crippen LogP contribution in [0.2, 0.25) is 0 Å². The van der Waals surface area contributed by atoms with Crippen LogP contribution in [0.3, 0.4) is 0 Å². The Bertz CT molecular complexity index is 1640. The van der Waals surface area contributed by atoms with Crippen molar-refractivity contribution in [2.75, 3.05) is 12.0 Å². The Kier molecular flexibility index (Phi) is 5.69. The average Bonchev–Trinajstić information content (AvgIpc) is 3.56. The number of benzene rings is 3. The number of aromatic amines is 1. The van der Waals surface area contributed by atoms with Crippen molar-refractivity contribution in [1.29, 1.82) is 0 Å². The number of aromatic nitrogens is 1. The minimum absolute atomic E-state index is 0.0601. The fourth-order valence-corrected chi connectivity index (χ4v) is 6.26. The SMILES string of the molecule is COc1cccc(C2NC(Cc3c[nH]c4ccccc34)(C(=O)O)C3C(=O)N(c4cccc(C)c4)C(=O)C23)c1O. The number of aliphatic carboxylic acids is 1. The first-order valence-electron chi connectivity index (χ1n) is 12.6. The minimum Gasteiger partial charge on any atom is -0.504 e. The number of aromatic hydroxyl groups is 1. The molecule has 2 saturated heterocycles. The molecular weight excluding hydrogens is 498 g/mol. The molecule has 0 spiro atoms. The Labute approximate surface area is 224 Å². The molecule has 0 saturated carbocycles. The van der Waals surface area contributed by atoms with E-state index in [0.29, 0.717) is 16.8 Å². The first kappa shape index (κ1) is 24.7. The van der Waals surface area contributed by atoms with Crippen molar-refractivity contribution >= 4 is 34.4 Å². The fraction of sp³-hybridized carbons (Fsp3) is 0.233. The van der Waals surface area contributed by atoms with E-state index in [9.17, 15) is 24.6 Å². The summed E-state index contributed by atoms with van der Waals surface area (Å²) in [6.45, 7) is 1.85. The van der Waals surface area contributed by atoms with Gasteiger partial charge in [-0.05, 0) is 42.3 Å². The number of carbonyl (C=O) groups excluding carboxylic acids is 2. The van der Waals surface area contributed by atoms with Gasteiger partial charge in [0.1, 0.15) is 5.54 Å². The smallest absolute Gasteiger partial charge is 0.325 e. The Balaban J connectivity index is 1.54. The van der Waals surface area contributed by atoms with Crippen LogP contribution in [-0.4, -0.2) is 45.6 Å². The summed E-state index contributed by atoms with van der Waals surface area (Å²) in [5, 5.41) is 25.8. The molecule has 9 nitrogen and oxygen atoms in total. The number of nitrogens with one attached hydrogen (secondary N) is 2. The maximum absolute atomic E-state index is 14.1. The van der Waals surface area contributed by atoms with Crippen LogP contribution in [0, 0.1) is 18.8 Å². The molecule has 39 heavy (non-hydrogen) atoms. The van der Waals surface area contributed by atoms with Crippen LogP contribution < -0.4 is 15.0 Å². The van der Waals surface area contributed by atoms with Crippen molar-refractivity contribution < 1.29 is 29.3 Å². The Morgan fingerprint density at radius 3 is 2.56 bits per heavy atom. The van der Waals surface area contributed by atoms with Gasteiger partial charge in [0.15, 0.2) is 11.5 Å². The van der Waals surface area contributed by atoms with Crippen LogP contribution >= 0.6 is 0 Å². The van der Waals surface area contributed by atoms with E-state index in [1.54, 1.807) is 42.6 Å². The van der Waals surface area contributed by atoms with Crippen LogP contribution in [0.25, 0.3) is 10.9 Å². The number of hydrogen-bond donors (Lipinski definition) is 4. The van der Waals surface area contributed by atoms with E-state index in [0.717, 1.165) is 21.4 Å². The predicted molar refractivity (Wildman–Crippen MR) is 144 cm³/mol. The molecule has 0 bridgehead atoms. The van der Waals surface area contributed by atoms with Gasteiger partial charge in [0.25, 0.3) is 0 Å². The van der Waals surface area contributed by atoms with Crippen LogP contribution in [-0.2, 0) is 20.8 Å². The van der Waals surface area contributed by atoms with Gasteiger partial charge >= 0.3 is 5.97 Å². The van der Waals surface area contributed by atoms with Crippen LogP contribution in [0.5, 0.6) is 11.5 Å². The van der Waals surface area contributed by atoms with Crippen molar-refractivity contribution in [1.82, 2.24) is 10.3 Å². The summed E-state index contributed by atoms with van der Waals surface area (Å²) < 4.78 is 5.28. The van der Waals surface area contributed by atoms with Crippen molar-refractivity contribution in [3.63, 3.8) is 0 Å². The molecule has 3 aromatic carbocycles. The van der Waals surface area contributed by atoms with Gasteiger partial charge in [0, 0.05) is 35.1 Å². The Morgan fingerprint density at radius 1 is 1.05 bits per heavy atom. The maximum atomic E-state index is 14.1. The number of H-pyrrole nitrogens is 1. The number of carboxylic acid groups (broad SMARTS) is 1. The van der Waals surface area contributed by atoms with E-state index >= 15 is 0 Å². The maximum Gasteiger partial charge on any atom is 0.325 e. The number of methoxy groups -OCH3 is 1. The zero-order valence-corrected chi connectivity index (χ0v) is 21.3. The highest BCUT2D eigenvalue weighted by Gasteiger charge is 2.69. The first-order valence-corrected chi connectivity index (χ1v) is 12.6. The minimum atomic E-state index is -1.83. The monoisotopic (exact) mass is 525 g/mol. The lowest BCUT2D eigenvalue weighted by molar-refractivity contribution is -0.148. The highest BCUT2D eigenvalue weighted by atomic mass is 16.5. The summed E-state index contributed by atoms with van der Waals surface area (Å²) in [6.07, 6.45) is 1.68. The quantitative estimate of drug-likeness (QED) is 0.282. The summed E-state index contributed by atoms with van der Waals surface area (Å²) in [5.41, 5.74) is 1.23. The third-order valence-electron chi connectivity index (χ3n) is 8.03. The molecule has 0 aliphatic carbocycles. The van der Waals surface area contributed by atoms with E-state index in [1.165, 1.54) is 7.11 Å². The number of phenols is 1. The Morgan fingerprint density at radius 2 is 1.82 bits per heavy atom. The molecule has 9 heteroatoms. The number of para-hydroxylation sites is 2. The van der Waals surface area contributed by atoms with Crippen molar-refractivity contribution in [3.8, 4) is 11.5 Å². The molecule has 6 rings (SSSR count). The molecule has 198 valence electrons. The van der Waals surface area contributed by atoms with Gasteiger partial charge in [-0.2, -0.15) is 0 Å². The van der Waals surface area contributed by atoms with Gasteiger partial charge < -0.3 is 19.9 Å². The van der Waals surface area contributed by atoms with E-state index < -0.39 is 41.2 Å². The molecule has 4 atom stereocenters. The summed E-state index contributed by atoms with van der Waals surface area (Å²) in [4.78, 5) is 45.6. The van der Waals surface area contributed by atoms with Crippen molar-refractivity contribution in [3.05, 3.63) is 89.6 Å². The van der Waals surface area contributed by atoms with Crippen LogP contribution in [0.1, 0.15) is 22.7 Å². The van der Waals surface area contributed by atoms with Gasteiger partial charge in [-0.1, -0.05) is 42.5 Å². The number of hydrogen-bond acceptors (Lipinski definition) is 6. The van der Waals surface area contributed by atoms with Crippen molar-refractivity contribution in [2.24, 2.45) is 11.8 Å². The topological polar surface area (TPSA) is 132 Å². The van der Waals surface area contributed by atoms with Crippen LogP contribution in [0.15, 0.2) is 72.9 Å². The van der Waals surface area contributed by atoms with Gasteiger partial charge in [-0.3, -0.25) is 19.7 Å². The average molecular weight is 526 g/mol. The molecular formula is C30H27N3O6. The Hall–Kier alpha value is -4.63. The van der Waals surface area contributed by atoms with Gasteiger partial charge in [-0.15, -0.1) is 0 Å². The molecule has 4 N–H and O–H groups in total. The van der Waals surface area contributed by atoms with E-state index in [4.69, 9.17) is 4.74 Å². The van der Waals surface area contributed by atoms with E-state index in [1.807, 2.05) is 37.3 Å².